The molecule has 0 saturated heterocycles. The van der Waals surface area contributed by atoms with Crippen LogP contribution in [0, 0.1) is 0 Å². The minimum atomic E-state index is 0.0845. The molecule has 0 amide bonds. The smallest absolute Gasteiger partial charge is 0.122 e. The third-order valence-corrected chi connectivity index (χ3v) is 2.85. The average Bonchev–Trinajstić information content (AvgIpc) is 2.38. The summed E-state index contributed by atoms with van der Waals surface area (Å²) in [4.78, 5) is 0. The van der Waals surface area contributed by atoms with Gasteiger partial charge >= 0.3 is 0 Å². The number of ether oxygens (including phenoxy) is 2. The zero-order chi connectivity index (χ0) is 11.4. The van der Waals surface area contributed by atoms with E-state index in [-0.39, 0.29) is 12.0 Å². The molecule has 84 valence electrons. The SMILES string of the molecule is COc1ccccc1C1C=CC=C[C@@H]1OC. The van der Waals surface area contributed by atoms with Crippen molar-refractivity contribution in [1.29, 1.82) is 0 Å². The Bertz CT molecular complexity index is 407. The number of para-hydroxylation sites is 1. The molecule has 1 aliphatic rings. The van der Waals surface area contributed by atoms with Crippen molar-refractivity contribution in [3.63, 3.8) is 0 Å². The summed E-state index contributed by atoms with van der Waals surface area (Å²) < 4.78 is 10.8. The van der Waals surface area contributed by atoms with Gasteiger partial charge in [-0.25, -0.2) is 0 Å². The van der Waals surface area contributed by atoms with E-state index < -0.39 is 0 Å². The van der Waals surface area contributed by atoms with Crippen LogP contribution in [0.5, 0.6) is 5.75 Å². The van der Waals surface area contributed by atoms with Gasteiger partial charge in [-0.05, 0) is 6.07 Å². The van der Waals surface area contributed by atoms with Crippen molar-refractivity contribution in [3.8, 4) is 5.75 Å². The van der Waals surface area contributed by atoms with Crippen molar-refractivity contribution < 1.29 is 9.47 Å². The van der Waals surface area contributed by atoms with Gasteiger partial charge in [0, 0.05) is 18.6 Å². The van der Waals surface area contributed by atoms with Crippen molar-refractivity contribution >= 4 is 0 Å². The van der Waals surface area contributed by atoms with Crippen LogP contribution in [-0.4, -0.2) is 20.3 Å². The Morgan fingerprint density at radius 2 is 1.75 bits per heavy atom. The lowest BCUT2D eigenvalue weighted by Gasteiger charge is -2.24. The van der Waals surface area contributed by atoms with Gasteiger partial charge in [-0.2, -0.15) is 0 Å². The molecule has 1 aromatic rings. The molecule has 0 aliphatic heterocycles. The number of hydrogen-bond acceptors (Lipinski definition) is 2. The second-order valence-electron chi connectivity index (χ2n) is 3.74. The van der Waals surface area contributed by atoms with Crippen LogP contribution < -0.4 is 4.74 Å². The van der Waals surface area contributed by atoms with E-state index in [0.29, 0.717) is 0 Å². The molecule has 1 unspecified atom stereocenters. The third kappa shape index (κ3) is 2.02. The Kier molecular flexibility index (Phi) is 3.42. The molecule has 2 heteroatoms. The predicted octanol–water partition coefficient (Wildman–Crippen LogP) is 2.92. The monoisotopic (exact) mass is 216 g/mol. The first kappa shape index (κ1) is 11.0. The molecule has 0 heterocycles. The lowest BCUT2D eigenvalue weighted by molar-refractivity contribution is 0.127. The van der Waals surface area contributed by atoms with Gasteiger partial charge < -0.3 is 9.47 Å². The van der Waals surface area contributed by atoms with E-state index in [0.717, 1.165) is 11.3 Å². The second kappa shape index (κ2) is 4.99. The molecule has 1 aromatic carbocycles. The van der Waals surface area contributed by atoms with Crippen molar-refractivity contribution in [2.24, 2.45) is 0 Å². The normalized spacial score (nSPS) is 23.4. The Hall–Kier alpha value is -1.54. The molecule has 1 aliphatic carbocycles. The number of hydrogen-bond donors (Lipinski definition) is 0. The lowest BCUT2D eigenvalue weighted by atomic mass is 9.89. The van der Waals surface area contributed by atoms with Crippen LogP contribution >= 0.6 is 0 Å². The van der Waals surface area contributed by atoms with Crippen LogP contribution in [0.2, 0.25) is 0 Å². The molecule has 2 rings (SSSR count). The van der Waals surface area contributed by atoms with Crippen LogP contribution in [0.15, 0.2) is 48.6 Å². The molecule has 2 nitrogen and oxygen atoms in total. The largest absolute Gasteiger partial charge is 0.496 e. The number of benzene rings is 1. The summed E-state index contributed by atoms with van der Waals surface area (Å²) in [5.41, 5.74) is 1.16. The van der Waals surface area contributed by atoms with Gasteiger partial charge in [-0.1, -0.05) is 42.5 Å². The van der Waals surface area contributed by atoms with E-state index in [2.05, 4.69) is 18.2 Å². The number of methoxy groups -OCH3 is 2. The summed E-state index contributed by atoms with van der Waals surface area (Å²) in [6, 6.07) is 8.07. The van der Waals surface area contributed by atoms with E-state index in [1.807, 2.05) is 30.4 Å². The lowest BCUT2D eigenvalue weighted by Crippen LogP contribution is -2.19. The maximum Gasteiger partial charge on any atom is 0.122 e. The van der Waals surface area contributed by atoms with Crippen LogP contribution in [0.25, 0.3) is 0 Å². The first-order chi connectivity index (χ1) is 7.86. The molecule has 16 heavy (non-hydrogen) atoms. The van der Waals surface area contributed by atoms with Gasteiger partial charge in [0.2, 0.25) is 0 Å². The summed E-state index contributed by atoms with van der Waals surface area (Å²) in [5.74, 6) is 1.14. The van der Waals surface area contributed by atoms with Crippen molar-refractivity contribution in [3.05, 3.63) is 54.1 Å². The van der Waals surface area contributed by atoms with Crippen molar-refractivity contribution in [2.75, 3.05) is 14.2 Å². The summed E-state index contributed by atoms with van der Waals surface area (Å²) >= 11 is 0. The van der Waals surface area contributed by atoms with E-state index in [4.69, 9.17) is 9.47 Å². The highest BCUT2D eigenvalue weighted by atomic mass is 16.5. The molecule has 0 N–H and O–H groups in total. The standard InChI is InChI=1S/C14H16O2/c1-15-13-9-5-3-7-11(13)12-8-4-6-10-14(12)16-2/h3-11,13H,1-2H3/t11?,13-/m0/s1. The molecule has 0 fully saturated rings. The maximum atomic E-state index is 5.46. The first-order valence-electron chi connectivity index (χ1n) is 5.37. The minimum absolute atomic E-state index is 0.0845. The zero-order valence-corrected chi connectivity index (χ0v) is 9.59. The fourth-order valence-corrected chi connectivity index (χ4v) is 2.03. The van der Waals surface area contributed by atoms with Crippen LogP contribution in [0.3, 0.4) is 0 Å². The van der Waals surface area contributed by atoms with Crippen LogP contribution in [-0.2, 0) is 4.74 Å². The van der Waals surface area contributed by atoms with Gasteiger partial charge in [0.25, 0.3) is 0 Å². The molecular formula is C14H16O2. The second-order valence-corrected chi connectivity index (χ2v) is 3.74. The average molecular weight is 216 g/mol. The molecule has 0 aromatic heterocycles. The number of rotatable bonds is 3. The van der Waals surface area contributed by atoms with Crippen LogP contribution in [0.1, 0.15) is 11.5 Å². The van der Waals surface area contributed by atoms with Gasteiger partial charge in [-0.15, -0.1) is 0 Å². The van der Waals surface area contributed by atoms with E-state index >= 15 is 0 Å². The minimum Gasteiger partial charge on any atom is -0.496 e. The highest BCUT2D eigenvalue weighted by molar-refractivity contribution is 5.41. The summed E-state index contributed by atoms with van der Waals surface area (Å²) in [6.45, 7) is 0. The molecule has 0 radical (unpaired) electrons. The molecule has 2 atom stereocenters. The quantitative estimate of drug-likeness (QED) is 0.773. The predicted molar refractivity (Wildman–Crippen MR) is 64.8 cm³/mol. The zero-order valence-electron chi connectivity index (χ0n) is 9.59. The molecule has 0 saturated carbocycles. The molecule has 0 bridgehead atoms. The van der Waals surface area contributed by atoms with E-state index in [1.54, 1.807) is 14.2 Å². The van der Waals surface area contributed by atoms with Gasteiger partial charge in [0.15, 0.2) is 0 Å². The van der Waals surface area contributed by atoms with Crippen molar-refractivity contribution in [2.45, 2.75) is 12.0 Å². The van der Waals surface area contributed by atoms with E-state index in [1.165, 1.54) is 0 Å². The topological polar surface area (TPSA) is 18.5 Å². The summed E-state index contributed by atoms with van der Waals surface area (Å²) in [6.07, 6.45) is 8.36. The van der Waals surface area contributed by atoms with Crippen molar-refractivity contribution in [1.82, 2.24) is 0 Å². The fraction of sp³-hybridized carbons (Fsp3) is 0.286. The Balaban J connectivity index is 2.35. The Morgan fingerprint density at radius 1 is 1.00 bits per heavy atom. The summed E-state index contributed by atoms with van der Waals surface area (Å²) in [7, 11) is 3.43. The van der Waals surface area contributed by atoms with Gasteiger partial charge in [-0.3, -0.25) is 0 Å². The van der Waals surface area contributed by atoms with E-state index in [9.17, 15) is 0 Å². The van der Waals surface area contributed by atoms with Crippen LogP contribution in [0.4, 0.5) is 0 Å². The Morgan fingerprint density at radius 3 is 2.50 bits per heavy atom. The fourth-order valence-electron chi connectivity index (χ4n) is 2.03. The first-order valence-corrected chi connectivity index (χ1v) is 5.37. The third-order valence-electron chi connectivity index (χ3n) is 2.85. The molecule has 0 spiro atoms. The summed E-state index contributed by atoms with van der Waals surface area (Å²) in [5, 5.41) is 0. The Labute approximate surface area is 96.2 Å². The van der Waals surface area contributed by atoms with Gasteiger partial charge in [0.05, 0.1) is 13.2 Å². The molecular weight excluding hydrogens is 200 g/mol. The van der Waals surface area contributed by atoms with Gasteiger partial charge in [0.1, 0.15) is 5.75 Å². The maximum absolute atomic E-state index is 5.46. The highest BCUT2D eigenvalue weighted by Crippen LogP contribution is 2.33. The highest BCUT2D eigenvalue weighted by Gasteiger charge is 2.22. The number of allylic oxidation sites excluding steroid dienone is 2.